The van der Waals surface area contributed by atoms with E-state index in [1.165, 1.54) is 6.08 Å². The lowest BCUT2D eigenvalue weighted by Crippen LogP contribution is -2.33. The van der Waals surface area contributed by atoms with Crippen molar-refractivity contribution in [2.75, 3.05) is 25.5 Å². The van der Waals surface area contributed by atoms with Gasteiger partial charge in [0.1, 0.15) is 5.69 Å². The first kappa shape index (κ1) is 20.7. The van der Waals surface area contributed by atoms with Crippen LogP contribution >= 0.6 is 0 Å². The summed E-state index contributed by atoms with van der Waals surface area (Å²) in [6.07, 6.45) is 7.31. The molecule has 1 fully saturated rings. The minimum atomic E-state index is -0.169. The SMILES string of the molecule is C=CC(=O)N1CCC(n2cc(Nc3cn(C)nc3OC)c3ncc(C(C)C)n3c2=O)C1. The molecule has 0 spiro atoms. The monoisotopic (exact) mass is 425 g/mol. The van der Waals surface area contributed by atoms with Crippen LogP contribution in [-0.4, -0.2) is 54.7 Å². The lowest BCUT2D eigenvalue weighted by atomic mass is 10.1. The largest absolute Gasteiger partial charge is 0.478 e. The molecule has 31 heavy (non-hydrogen) atoms. The minimum Gasteiger partial charge on any atom is -0.478 e. The number of nitrogens with one attached hydrogen (secondary N) is 1. The number of methoxy groups -OCH3 is 1. The van der Waals surface area contributed by atoms with Crippen LogP contribution in [0.1, 0.15) is 37.9 Å². The van der Waals surface area contributed by atoms with Crippen LogP contribution in [0, 0.1) is 0 Å². The van der Waals surface area contributed by atoms with Gasteiger partial charge in [-0.15, -0.1) is 5.10 Å². The predicted octanol–water partition coefficient (Wildman–Crippen LogP) is 2.06. The number of carbonyl (C=O) groups excluding carboxylic acids is 1. The molecule has 3 aromatic heterocycles. The van der Waals surface area contributed by atoms with Gasteiger partial charge in [0.2, 0.25) is 5.91 Å². The molecule has 1 saturated heterocycles. The lowest BCUT2D eigenvalue weighted by Gasteiger charge is -2.19. The summed E-state index contributed by atoms with van der Waals surface area (Å²) in [6, 6.07) is -0.139. The summed E-state index contributed by atoms with van der Waals surface area (Å²) in [5, 5.41) is 7.61. The second kappa shape index (κ2) is 7.93. The van der Waals surface area contributed by atoms with E-state index in [1.807, 2.05) is 13.8 Å². The number of likely N-dealkylation sites (tertiary alicyclic amines) is 1. The molecule has 0 aromatic carbocycles. The Morgan fingerprint density at radius 1 is 1.35 bits per heavy atom. The van der Waals surface area contributed by atoms with Crippen molar-refractivity contribution in [2.45, 2.75) is 32.2 Å². The Bertz CT molecular complexity index is 1200. The van der Waals surface area contributed by atoms with E-state index in [9.17, 15) is 9.59 Å². The third-order valence-electron chi connectivity index (χ3n) is 5.60. The number of fused-ring (bicyclic) bond motifs is 1. The highest BCUT2D eigenvalue weighted by Crippen LogP contribution is 2.30. The van der Waals surface area contributed by atoms with Gasteiger partial charge >= 0.3 is 5.69 Å². The number of hydrogen-bond donors (Lipinski definition) is 1. The normalized spacial score (nSPS) is 16.3. The Morgan fingerprint density at radius 3 is 2.81 bits per heavy atom. The molecule has 0 radical (unpaired) electrons. The number of ether oxygens (including phenoxy) is 1. The minimum absolute atomic E-state index is 0.113. The van der Waals surface area contributed by atoms with E-state index < -0.39 is 0 Å². The molecule has 10 heteroatoms. The molecule has 1 aliphatic rings. The molecule has 4 heterocycles. The molecule has 164 valence electrons. The topological polar surface area (TPSA) is 98.7 Å². The Balaban J connectivity index is 1.84. The first-order chi connectivity index (χ1) is 14.8. The van der Waals surface area contributed by atoms with Gasteiger partial charge in [-0.3, -0.25) is 14.0 Å². The number of anilines is 2. The molecule has 10 nitrogen and oxygen atoms in total. The van der Waals surface area contributed by atoms with E-state index in [1.54, 1.807) is 51.3 Å². The molecule has 0 saturated carbocycles. The third-order valence-corrected chi connectivity index (χ3v) is 5.60. The van der Waals surface area contributed by atoms with Gasteiger partial charge in [-0.2, -0.15) is 0 Å². The third kappa shape index (κ3) is 3.58. The summed E-state index contributed by atoms with van der Waals surface area (Å²) in [5.74, 6) is 0.431. The van der Waals surface area contributed by atoms with E-state index in [4.69, 9.17) is 4.74 Å². The Hall–Kier alpha value is -3.56. The average Bonchev–Trinajstić information content (AvgIpc) is 3.47. The molecule has 1 aliphatic heterocycles. The molecule has 1 N–H and O–H groups in total. The number of nitrogens with zero attached hydrogens (tertiary/aromatic N) is 6. The van der Waals surface area contributed by atoms with Crippen molar-refractivity contribution in [3.63, 3.8) is 0 Å². The summed E-state index contributed by atoms with van der Waals surface area (Å²) in [5.41, 5.74) is 2.52. The lowest BCUT2D eigenvalue weighted by molar-refractivity contribution is -0.125. The van der Waals surface area contributed by atoms with Gasteiger partial charge in [-0.25, -0.2) is 14.2 Å². The maximum atomic E-state index is 13.5. The summed E-state index contributed by atoms with van der Waals surface area (Å²) >= 11 is 0. The van der Waals surface area contributed by atoms with Gasteiger partial charge < -0.3 is 15.0 Å². The Labute approximate surface area is 179 Å². The van der Waals surface area contributed by atoms with E-state index in [2.05, 4.69) is 22.0 Å². The van der Waals surface area contributed by atoms with Crippen LogP contribution in [0.5, 0.6) is 5.88 Å². The molecular formula is C21H27N7O3. The highest BCUT2D eigenvalue weighted by molar-refractivity contribution is 5.87. The number of aryl methyl sites for hydroxylation is 1. The van der Waals surface area contributed by atoms with Gasteiger partial charge in [0.15, 0.2) is 5.65 Å². The molecule has 4 rings (SSSR count). The van der Waals surface area contributed by atoms with Crippen molar-refractivity contribution in [2.24, 2.45) is 7.05 Å². The summed E-state index contributed by atoms with van der Waals surface area (Å²) < 4.78 is 10.3. The Morgan fingerprint density at radius 2 is 2.13 bits per heavy atom. The number of hydrogen-bond acceptors (Lipinski definition) is 6. The fraction of sp³-hybridized carbons (Fsp3) is 0.429. The van der Waals surface area contributed by atoms with Gasteiger partial charge in [-0.1, -0.05) is 20.4 Å². The van der Waals surface area contributed by atoms with Crippen LogP contribution in [0.25, 0.3) is 5.65 Å². The summed E-state index contributed by atoms with van der Waals surface area (Å²) in [6.45, 7) is 8.65. The van der Waals surface area contributed by atoms with Crippen molar-refractivity contribution < 1.29 is 9.53 Å². The van der Waals surface area contributed by atoms with Crippen LogP contribution in [0.15, 0.2) is 36.0 Å². The average molecular weight is 425 g/mol. The maximum Gasteiger partial charge on any atom is 0.334 e. The van der Waals surface area contributed by atoms with Crippen molar-refractivity contribution in [1.29, 1.82) is 0 Å². The van der Waals surface area contributed by atoms with Crippen LogP contribution in [0.4, 0.5) is 11.4 Å². The van der Waals surface area contributed by atoms with Crippen molar-refractivity contribution in [3.05, 3.63) is 47.4 Å². The second-order valence-electron chi connectivity index (χ2n) is 8.01. The molecule has 0 aliphatic carbocycles. The number of aromatic nitrogens is 5. The van der Waals surface area contributed by atoms with Crippen molar-refractivity contribution in [1.82, 2.24) is 28.6 Å². The number of amides is 1. The van der Waals surface area contributed by atoms with Crippen LogP contribution in [0.2, 0.25) is 0 Å². The van der Waals surface area contributed by atoms with Crippen LogP contribution in [-0.2, 0) is 11.8 Å². The van der Waals surface area contributed by atoms with Crippen molar-refractivity contribution in [3.8, 4) is 5.88 Å². The molecule has 1 amide bonds. The fourth-order valence-corrected chi connectivity index (χ4v) is 4.03. The zero-order valence-corrected chi connectivity index (χ0v) is 18.2. The van der Waals surface area contributed by atoms with Gasteiger partial charge in [-0.05, 0) is 18.4 Å². The molecule has 3 aromatic rings. The second-order valence-corrected chi connectivity index (χ2v) is 8.01. The predicted molar refractivity (Wildman–Crippen MR) is 117 cm³/mol. The molecule has 1 atom stereocenters. The molecule has 0 bridgehead atoms. The van der Waals surface area contributed by atoms with Gasteiger partial charge in [0.25, 0.3) is 5.88 Å². The standard InChI is InChI=1S/C21H27N7O3/c1-6-18(29)26-8-7-14(10-26)27-12-15(23-16-11-25(4)24-20(16)31-5)19-22-9-17(13(2)3)28(19)21(27)30/h6,9,11-14,23H,1,7-8,10H2,2-5H3. The zero-order chi connectivity index (χ0) is 22.3. The maximum absolute atomic E-state index is 13.5. The van der Waals surface area contributed by atoms with E-state index in [0.29, 0.717) is 42.4 Å². The van der Waals surface area contributed by atoms with E-state index >= 15 is 0 Å². The first-order valence-corrected chi connectivity index (χ1v) is 10.2. The van der Waals surface area contributed by atoms with Gasteiger partial charge in [0, 0.05) is 32.5 Å². The van der Waals surface area contributed by atoms with Gasteiger partial charge in [0.05, 0.1) is 30.7 Å². The van der Waals surface area contributed by atoms with Crippen LogP contribution in [0.3, 0.4) is 0 Å². The zero-order valence-electron chi connectivity index (χ0n) is 18.2. The highest BCUT2D eigenvalue weighted by atomic mass is 16.5. The smallest absolute Gasteiger partial charge is 0.334 e. The van der Waals surface area contributed by atoms with Crippen molar-refractivity contribution >= 4 is 22.9 Å². The van der Waals surface area contributed by atoms with E-state index in [0.717, 1.165) is 5.69 Å². The Kier molecular flexibility index (Phi) is 5.30. The molecule has 1 unspecified atom stereocenters. The van der Waals surface area contributed by atoms with Crippen LogP contribution < -0.4 is 15.7 Å². The number of carbonyl (C=O) groups is 1. The van der Waals surface area contributed by atoms with E-state index in [-0.39, 0.29) is 23.6 Å². The first-order valence-electron chi connectivity index (χ1n) is 10.2. The summed E-state index contributed by atoms with van der Waals surface area (Å²) in [7, 11) is 3.36. The fourth-order valence-electron chi connectivity index (χ4n) is 4.03. The number of rotatable bonds is 6. The highest BCUT2D eigenvalue weighted by Gasteiger charge is 2.29. The molecular weight excluding hydrogens is 398 g/mol. The number of imidazole rings is 1. The quantitative estimate of drug-likeness (QED) is 0.607. The summed E-state index contributed by atoms with van der Waals surface area (Å²) in [4.78, 5) is 31.8.